The Balaban J connectivity index is 3.56. The highest BCUT2D eigenvalue weighted by Crippen LogP contribution is 1.94. The van der Waals surface area contributed by atoms with Gasteiger partial charge in [-0.2, -0.15) is 0 Å². The lowest BCUT2D eigenvalue weighted by molar-refractivity contribution is 0.593. The molecule has 0 atom stereocenters. The molecule has 11 heavy (non-hydrogen) atoms. The molecule has 0 radical (unpaired) electrons. The van der Waals surface area contributed by atoms with E-state index in [1.807, 2.05) is 0 Å². The molecule has 0 saturated carbocycles. The van der Waals surface area contributed by atoms with Crippen LogP contribution in [0.3, 0.4) is 0 Å². The molecule has 1 N–H and O–H groups in total. The van der Waals surface area contributed by atoms with Crippen molar-refractivity contribution >= 4 is 21.4 Å². The fourth-order valence-corrected chi connectivity index (χ4v) is 2.42. The SMILES string of the molecule is CNCCCS(=O)(=O)CCCl. The van der Waals surface area contributed by atoms with Crippen LogP contribution in [0.15, 0.2) is 0 Å². The molecule has 0 unspecified atom stereocenters. The zero-order chi connectivity index (χ0) is 8.74. The number of nitrogens with one attached hydrogen (secondary N) is 1. The van der Waals surface area contributed by atoms with Gasteiger partial charge in [-0.3, -0.25) is 0 Å². The molecule has 0 aromatic carbocycles. The Labute approximate surface area is 73.0 Å². The lowest BCUT2D eigenvalue weighted by Crippen LogP contribution is -2.17. The van der Waals surface area contributed by atoms with E-state index >= 15 is 0 Å². The number of hydrogen-bond donors (Lipinski definition) is 1. The van der Waals surface area contributed by atoms with Crippen molar-refractivity contribution in [1.29, 1.82) is 0 Å². The second-order valence-corrected chi connectivity index (χ2v) is 4.98. The van der Waals surface area contributed by atoms with E-state index in [1.54, 1.807) is 7.05 Å². The van der Waals surface area contributed by atoms with Gasteiger partial charge < -0.3 is 5.32 Å². The highest BCUT2D eigenvalue weighted by Gasteiger charge is 2.07. The summed E-state index contributed by atoms with van der Waals surface area (Å²) in [7, 11) is -1.08. The van der Waals surface area contributed by atoms with E-state index in [1.165, 1.54) is 0 Å². The molecular formula is C6H14ClNO2S. The first-order chi connectivity index (χ1) is 5.12. The summed E-state index contributed by atoms with van der Waals surface area (Å²) in [4.78, 5) is 0. The molecule has 0 rings (SSSR count). The molecule has 0 spiro atoms. The molecule has 3 nitrogen and oxygen atoms in total. The third-order valence-corrected chi connectivity index (χ3v) is 3.42. The van der Waals surface area contributed by atoms with E-state index in [-0.39, 0.29) is 17.4 Å². The lowest BCUT2D eigenvalue weighted by Gasteiger charge is -2.00. The molecule has 0 saturated heterocycles. The molecule has 68 valence electrons. The van der Waals surface area contributed by atoms with Crippen LogP contribution in [-0.4, -0.2) is 39.4 Å². The van der Waals surface area contributed by atoms with Crippen molar-refractivity contribution in [3.63, 3.8) is 0 Å². The summed E-state index contributed by atoms with van der Waals surface area (Å²) in [5.74, 6) is 0.528. The van der Waals surface area contributed by atoms with Crippen LogP contribution in [0.25, 0.3) is 0 Å². The molecule has 0 aliphatic rings. The summed E-state index contributed by atoms with van der Waals surface area (Å²) >= 11 is 5.30. The Morgan fingerprint density at radius 3 is 2.45 bits per heavy atom. The van der Waals surface area contributed by atoms with Gasteiger partial charge in [0.1, 0.15) is 0 Å². The second-order valence-electron chi connectivity index (χ2n) is 2.30. The predicted molar refractivity (Wildman–Crippen MR) is 47.9 cm³/mol. The van der Waals surface area contributed by atoms with Gasteiger partial charge >= 0.3 is 0 Å². The van der Waals surface area contributed by atoms with Crippen molar-refractivity contribution in [1.82, 2.24) is 5.32 Å². The summed E-state index contributed by atoms with van der Waals surface area (Å²) in [5, 5.41) is 2.88. The van der Waals surface area contributed by atoms with Gasteiger partial charge in [0.15, 0.2) is 9.84 Å². The Bertz CT molecular complexity index is 179. The Morgan fingerprint density at radius 2 is 2.00 bits per heavy atom. The number of rotatable bonds is 6. The van der Waals surface area contributed by atoms with Crippen LogP contribution < -0.4 is 5.32 Å². The van der Waals surface area contributed by atoms with Crippen molar-refractivity contribution in [2.24, 2.45) is 0 Å². The van der Waals surface area contributed by atoms with Crippen molar-refractivity contribution in [3.05, 3.63) is 0 Å². The Kier molecular flexibility index (Phi) is 5.91. The predicted octanol–water partition coefficient (Wildman–Crippen LogP) is 0.250. The van der Waals surface area contributed by atoms with E-state index in [0.29, 0.717) is 6.42 Å². The zero-order valence-electron chi connectivity index (χ0n) is 6.64. The number of sulfone groups is 1. The fraction of sp³-hybridized carbons (Fsp3) is 1.00. The average molecular weight is 200 g/mol. The van der Waals surface area contributed by atoms with Crippen molar-refractivity contribution in [2.45, 2.75) is 6.42 Å². The summed E-state index contributed by atoms with van der Waals surface area (Å²) in [6.07, 6.45) is 0.662. The van der Waals surface area contributed by atoms with Crippen LogP contribution in [0, 0.1) is 0 Å². The van der Waals surface area contributed by atoms with Crippen LogP contribution >= 0.6 is 11.6 Å². The monoisotopic (exact) mass is 199 g/mol. The zero-order valence-corrected chi connectivity index (χ0v) is 8.21. The highest BCUT2D eigenvalue weighted by molar-refractivity contribution is 7.91. The lowest BCUT2D eigenvalue weighted by atomic mass is 10.5. The number of hydrogen-bond acceptors (Lipinski definition) is 3. The molecular weight excluding hydrogens is 186 g/mol. The molecule has 0 bridgehead atoms. The van der Waals surface area contributed by atoms with Gasteiger partial charge in [0.25, 0.3) is 0 Å². The minimum Gasteiger partial charge on any atom is -0.320 e. The minimum absolute atomic E-state index is 0.0955. The summed E-state index contributed by atoms with van der Waals surface area (Å²) in [6, 6.07) is 0. The number of alkyl halides is 1. The van der Waals surface area contributed by atoms with E-state index in [9.17, 15) is 8.42 Å². The summed E-state index contributed by atoms with van der Waals surface area (Å²) < 4.78 is 22.0. The van der Waals surface area contributed by atoms with Crippen molar-refractivity contribution in [2.75, 3.05) is 31.0 Å². The van der Waals surface area contributed by atoms with E-state index in [2.05, 4.69) is 5.32 Å². The quantitative estimate of drug-likeness (QED) is 0.493. The first-order valence-corrected chi connectivity index (χ1v) is 5.89. The van der Waals surface area contributed by atoms with Crippen molar-refractivity contribution < 1.29 is 8.42 Å². The topological polar surface area (TPSA) is 46.2 Å². The van der Waals surface area contributed by atoms with Crippen LogP contribution in [-0.2, 0) is 9.84 Å². The number of halogens is 1. The smallest absolute Gasteiger partial charge is 0.151 e. The van der Waals surface area contributed by atoms with Gasteiger partial charge in [-0.05, 0) is 20.0 Å². The molecule has 5 heteroatoms. The third-order valence-electron chi connectivity index (χ3n) is 1.27. The van der Waals surface area contributed by atoms with E-state index in [0.717, 1.165) is 6.54 Å². The maximum absolute atomic E-state index is 11.0. The molecule has 0 aromatic heterocycles. The minimum atomic E-state index is -2.88. The van der Waals surface area contributed by atoms with Crippen LogP contribution in [0.1, 0.15) is 6.42 Å². The first kappa shape index (κ1) is 11.2. The largest absolute Gasteiger partial charge is 0.320 e. The van der Waals surface area contributed by atoms with Crippen LogP contribution in [0.4, 0.5) is 0 Å². The van der Waals surface area contributed by atoms with E-state index in [4.69, 9.17) is 11.6 Å². The molecule has 0 aliphatic heterocycles. The normalized spacial score (nSPS) is 11.8. The van der Waals surface area contributed by atoms with Crippen LogP contribution in [0.5, 0.6) is 0 Å². The van der Waals surface area contributed by atoms with Gasteiger partial charge in [-0.15, -0.1) is 11.6 Å². The van der Waals surface area contributed by atoms with Gasteiger partial charge in [-0.25, -0.2) is 8.42 Å². The molecule has 0 heterocycles. The van der Waals surface area contributed by atoms with Crippen LogP contribution in [0.2, 0.25) is 0 Å². The van der Waals surface area contributed by atoms with Gasteiger partial charge in [-0.1, -0.05) is 0 Å². The van der Waals surface area contributed by atoms with Gasteiger partial charge in [0.2, 0.25) is 0 Å². The molecule has 0 aliphatic carbocycles. The maximum Gasteiger partial charge on any atom is 0.151 e. The fourth-order valence-electron chi connectivity index (χ4n) is 0.688. The third kappa shape index (κ3) is 6.59. The summed E-state index contributed by atoms with van der Waals surface area (Å²) in [5.41, 5.74) is 0. The average Bonchev–Trinajstić information content (AvgIpc) is 1.87. The maximum atomic E-state index is 11.0. The van der Waals surface area contributed by atoms with Gasteiger partial charge in [0, 0.05) is 5.88 Å². The Morgan fingerprint density at radius 1 is 1.36 bits per heavy atom. The highest BCUT2D eigenvalue weighted by atomic mass is 35.5. The first-order valence-electron chi connectivity index (χ1n) is 3.53. The standard InChI is InChI=1S/C6H14ClNO2S/c1-8-4-2-5-11(9,10)6-3-7/h8H,2-6H2,1H3. The molecule has 0 aromatic rings. The summed E-state index contributed by atoms with van der Waals surface area (Å²) in [6.45, 7) is 0.738. The second kappa shape index (κ2) is 5.80. The molecule has 0 amide bonds. The van der Waals surface area contributed by atoms with Gasteiger partial charge in [0.05, 0.1) is 11.5 Å². The van der Waals surface area contributed by atoms with E-state index < -0.39 is 9.84 Å². The Hall–Kier alpha value is 0.200. The van der Waals surface area contributed by atoms with Crippen molar-refractivity contribution in [3.8, 4) is 0 Å². The molecule has 0 fully saturated rings.